The van der Waals surface area contributed by atoms with E-state index in [4.69, 9.17) is 0 Å². The number of hydrogen-bond donors (Lipinski definition) is 0. The predicted molar refractivity (Wildman–Crippen MR) is 49.3 cm³/mol. The molecule has 17 heteroatoms. The van der Waals surface area contributed by atoms with Gasteiger partial charge < -0.3 is 0 Å². The Morgan fingerprint density at radius 3 is 1.26 bits per heavy atom. The summed E-state index contributed by atoms with van der Waals surface area (Å²) in [7, 11) is -14.4. The van der Waals surface area contributed by atoms with Gasteiger partial charge in [0.2, 0.25) is 6.29 Å². The highest BCUT2D eigenvalue weighted by Crippen LogP contribution is 2.55. The molecule has 23 heavy (non-hydrogen) atoms. The van der Waals surface area contributed by atoms with Gasteiger partial charge in [-0.3, -0.25) is 0 Å². The van der Waals surface area contributed by atoms with Gasteiger partial charge in [-0.05, 0) is 0 Å². The molecule has 1 saturated heterocycles. The van der Waals surface area contributed by atoms with Crippen molar-refractivity contribution in [2.45, 2.75) is 35.3 Å². The molecule has 0 bridgehead atoms. The number of hydrogen-bond acceptors (Lipinski definition) is 6. The zero-order chi connectivity index (χ0) is 18.7. The minimum absolute atomic E-state index is 2.59. The lowest BCUT2D eigenvalue weighted by Gasteiger charge is -2.39. The van der Waals surface area contributed by atoms with Crippen LogP contribution in [0.4, 0.5) is 39.5 Å². The van der Waals surface area contributed by atoms with Gasteiger partial charge >= 0.3 is 42.8 Å². The Kier molecular flexibility index (Phi) is 4.48. The molecule has 0 radical (unpaired) electrons. The number of halogens is 9. The van der Waals surface area contributed by atoms with Crippen LogP contribution in [0, 0.1) is 0 Å². The topological polar surface area (TPSA) is 86.7 Å². The summed E-state index contributed by atoms with van der Waals surface area (Å²) >= 11 is 0. The summed E-state index contributed by atoms with van der Waals surface area (Å²) in [4.78, 5) is 0. The lowest BCUT2D eigenvalue weighted by Crippen LogP contribution is -2.70. The lowest BCUT2D eigenvalue weighted by molar-refractivity contribution is -0.251. The van der Waals surface area contributed by atoms with Gasteiger partial charge in [0.1, 0.15) is 0 Å². The van der Waals surface area contributed by atoms with Crippen molar-refractivity contribution in [2.24, 2.45) is 0 Å². The van der Waals surface area contributed by atoms with Crippen LogP contribution in [0.2, 0.25) is 0 Å². The van der Waals surface area contributed by atoms with Crippen molar-refractivity contribution in [1.29, 1.82) is 0 Å². The van der Waals surface area contributed by atoms with Gasteiger partial charge in [0, 0.05) is 0 Å². The minimum atomic E-state index is -7.19. The number of rotatable bonds is 1. The maximum Gasteiger partial charge on any atom is 0.436 e. The maximum absolute atomic E-state index is 12.7. The van der Waals surface area contributed by atoms with E-state index in [1.807, 2.05) is 0 Å². The van der Waals surface area contributed by atoms with E-state index in [2.05, 4.69) is 8.37 Å². The van der Waals surface area contributed by atoms with Gasteiger partial charge in [-0.2, -0.15) is 56.3 Å². The highest BCUT2D eigenvalue weighted by atomic mass is 32.3. The average Bonchev–Trinajstić information content (AvgIpc) is 2.02. The molecular formula is C6H3F9O6S2. The van der Waals surface area contributed by atoms with Crippen molar-refractivity contribution in [1.82, 2.24) is 0 Å². The summed E-state index contributed by atoms with van der Waals surface area (Å²) in [6, 6.07) is 0. The molecule has 0 aliphatic carbocycles. The molecule has 0 aromatic heterocycles. The molecule has 0 atom stereocenters. The quantitative estimate of drug-likeness (QED) is 0.488. The average molecular weight is 406 g/mol. The molecular weight excluding hydrogens is 403 g/mol. The molecule has 1 aliphatic rings. The summed E-state index contributed by atoms with van der Waals surface area (Å²) in [5.74, 6) is 0. The van der Waals surface area contributed by atoms with Crippen LogP contribution < -0.4 is 0 Å². The van der Waals surface area contributed by atoms with Gasteiger partial charge in [-0.25, -0.2) is 8.37 Å². The third kappa shape index (κ3) is 3.10. The molecule has 0 aromatic carbocycles. The van der Waals surface area contributed by atoms with Crippen LogP contribution in [-0.2, 0) is 28.6 Å². The first-order valence-electron chi connectivity index (χ1n) is 4.84. The normalized spacial score (nSPS) is 25.3. The van der Waals surface area contributed by atoms with Crippen molar-refractivity contribution < 1.29 is 64.7 Å². The molecule has 0 saturated carbocycles. The largest absolute Gasteiger partial charge is 0.436 e. The fourth-order valence-electron chi connectivity index (χ4n) is 1.54. The zero-order valence-corrected chi connectivity index (χ0v) is 11.6. The SMILES string of the molecule is O=S1(=O)OC(CC(F)(F)F)OS(=O)(=O)C1(C(F)(F)F)C(F)(F)F. The predicted octanol–water partition coefficient (Wildman–Crippen LogP) is 1.79. The third-order valence-corrected chi connectivity index (χ3v) is 6.81. The van der Waals surface area contributed by atoms with E-state index in [0.717, 1.165) is 0 Å². The molecule has 0 N–H and O–H groups in total. The van der Waals surface area contributed by atoms with Gasteiger partial charge in [0.15, 0.2) is 0 Å². The van der Waals surface area contributed by atoms with Gasteiger partial charge in [-0.1, -0.05) is 0 Å². The van der Waals surface area contributed by atoms with Crippen LogP contribution in [-0.4, -0.2) is 45.7 Å². The highest BCUT2D eigenvalue weighted by Gasteiger charge is 2.89. The minimum Gasteiger partial charge on any atom is -0.235 e. The summed E-state index contributed by atoms with van der Waals surface area (Å²) < 4.78 is 157. The fourth-order valence-corrected chi connectivity index (χ4v) is 5.01. The molecule has 1 rings (SSSR count). The summed E-state index contributed by atoms with van der Waals surface area (Å²) in [6.07, 6.45) is -25.6. The number of alkyl halides is 9. The molecule has 0 amide bonds. The third-order valence-electron chi connectivity index (χ3n) is 2.32. The first-order valence-corrected chi connectivity index (χ1v) is 7.66. The van der Waals surface area contributed by atoms with Crippen LogP contribution in [0.15, 0.2) is 0 Å². The smallest absolute Gasteiger partial charge is 0.235 e. The Hall–Kier alpha value is -0.810. The first kappa shape index (κ1) is 20.2. The van der Waals surface area contributed by atoms with Gasteiger partial charge in [-0.15, -0.1) is 0 Å². The summed E-state index contributed by atoms with van der Waals surface area (Å²) in [5, 5.41) is 0. The standard InChI is InChI=1S/C6H3F9O6S2/c7-3(8,9)1-2-20-22(16,17)4(5(10,11)12,6(13,14)15)23(18,19)21-2/h2H,1H2. The second-order valence-corrected chi connectivity index (χ2v) is 7.65. The van der Waals surface area contributed by atoms with Crippen molar-refractivity contribution in [3.8, 4) is 0 Å². The molecule has 0 spiro atoms. The summed E-state index contributed by atoms with van der Waals surface area (Å²) in [6.45, 7) is 0. The second kappa shape index (κ2) is 5.09. The molecule has 0 unspecified atom stereocenters. The monoisotopic (exact) mass is 406 g/mol. The summed E-state index contributed by atoms with van der Waals surface area (Å²) in [5.41, 5.74) is 0. The lowest BCUT2D eigenvalue weighted by atomic mass is 10.4. The van der Waals surface area contributed by atoms with Crippen LogP contribution in [0.1, 0.15) is 6.42 Å². The van der Waals surface area contributed by atoms with E-state index in [9.17, 15) is 56.3 Å². The van der Waals surface area contributed by atoms with Crippen LogP contribution in [0.3, 0.4) is 0 Å². The van der Waals surface area contributed by atoms with E-state index in [0.29, 0.717) is 0 Å². The van der Waals surface area contributed by atoms with E-state index < -0.39 is 55.6 Å². The molecule has 0 aromatic rings. The Morgan fingerprint density at radius 2 is 1.04 bits per heavy atom. The van der Waals surface area contributed by atoms with Gasteiger partial charge in [0.25, 0.3) is 0 Å². The second-order valence-electron chi connectivity index (χ2n) is 3.96. The molecule has 138 valence electrons. The van der Waals surface area contributed by atoms with Crippen LogP contribution >= 0.6 is 0 Å². The Bertz CT molecular complexity index is 617. The van der Waals surface area contributed by atoms with Crippen molar-refractivity contribution in [3.63, 3.8) is 0 Å². The highest BCUT2D eigenvalue weighted by molar-refractivity contribution is 8.06. The Labute approximate surface area is 121 Å². The van der Waals surface area contributed by atoms with Crippen molar-refractivity contribution in [2.75, 3.05) is 0 Å². The molecule has 1 aliphatic heterocycles. The van der Waals surface area contributed by atoms with E-state index in [1.165, 1.54) is 0 Å². The maximum atomic E-state index is 12.7. The first-order chi connectivity index (χ1) is 9.79. The Morgan fingerprint density at radius 1 is 0.739 bits per heavy atom. The van der Waals surface area contributed by atoms with E-state index >= 15 is 0 Å². The van der Waals surface area contributed by atoms with Crippen LogP contribution in [0.5, 0.6) is 0 Å². The fraction of sp³-hybridized carbons (Fsp3) is 1.00. The van der Waals surface area contributed by atoms with E-state index in [1.54, 1.807) is 0 Å². The van der Waals surface area contributed by atoms with Crippen molar-refractivity contribution in [3.05, 3.63) is 0 Å². The Balaban J connectivity index is 3.65. The molecule has 1 fully saturated rings. The van der Waals surface area contributed by atoms with Gasteiger partial charge in [0.05, 0.1) is 6.42 Å². The van der Waals surface area contributed by atoms with Crippen molar-refractivity contribution >= 4 is 20.2 Å². The zero-order valence-electron chi connectivity index (χ0n) is 9.95. The van der Waals surface area contributed by atoms with Crippen LogP contribution in [0.25, 0.3) is 0 Å². The van der Waals surface area contributed by atoms with E-state index in [-0.39, 0.29) is 0 Å². The molecule has 6 nitrogen and oxygen atoms in total. The molecule has 1 heterocycles.